The summed E-state index contributed by atoms with van der Waals surface area (Å²) < 4.78 is 13.8. The maximum atomic E-state index is 14.3. The molecule has 11 nitrogen and oxygen atoms in total. The number of esters is 1. The van der Waals surface area contributed by atoms with Gasteiger partial charge in [0.05, 0.1) is 36.8 Å². The Morgan fingerprint density at radius 2 is 2.03 bits per heavy atom. The van der Waals surface area contributed by atoms with Crippen LogP contribution < -0.4 is 0 Å². The van der Waals surface area contributed by atoms with Gasteiger partial charge in [-0.15, -0.1) is 5.10 Å². The third kappa shape index (κ3) is 3.67. The van der Waals surface area contributed by atoms with Gasteiger partial charge in [0.25, 0.3) is 5.91 Å². The molecule has 0 radical (unpaired) electrons. The first kappa shape index (κ1) is 24.7. The summed E-state index contributed by atoms with van der Waals surface area (Å²) in [5.41, 5.74) is 0.123. The van der Waals surface area contributed by atoms with Crippen molar-refractivity contribution in [2.24, 2.45) is 11.8 Å². The van der Waals surface area contributed by atoms with E-state index in [1.807, 2.05) is 49.4 Å². The van der Waals surface area contributed by atoms with E-state index in [-0.39, 0.29) is 38.2 Å². The summed E-state index contributed by atoms with van der Waals surface area (Å²) in [6.07, 6.45) is 8.52. The summed E-state index contributed by atoms with van der Waals surface area (Å²) in [5.74, 6) is -3.03. The molecule has 1 unspecified atom stereocenters. The minimum Gasteiger partial charge on any atom is -0.465 e. The molecule has 6 rings (SSSR count). The lowest BCUT2D eigenvalue weighted by Crippen LogP contribution is -2.58. The number of ether oxygens (including phenoxy) is 2. The number of benzene rings is 1. The quantitative estimate of drug-likeness (QED) is 0.457. The Balaban J connectivity index is 1.43. The molecule has 2 saturated heterocycles. The van der Waals surface area contributed by atoms with Crippen LogP contribution in [-0.4, -0.2) is 91.2 Å². The molecule has 4 aliphatic rings. The number of nitrogens with zero attached hydrogens (tertiary/aromatic N) is 5. The van der Waals surface area contributed by atoms with Crippen molar-refractivity contribution in [2.75, 3.05) is 19.8 Å². The number of carbonyl (C=O) groups is 3. The zero-order valence-corrected chi connectivity index (χ0v) is 21.2. The Kier molecular flexibility index (Phi) is 6.27. The van der Waals surface area contributed by atoms with E-state index in [1.165, 1.54) is 4.90 Å². The Labute approximate surface area is 219 Å². The normalized spacial score (nSPS) is 32.6. The predicted octanol–water partition coefficient (Wildman–Crippen LogP) is 1.03. The smallest absolute Gasteiger partial charge is 0.312 e. The molecule has 0 saturated carbocycles. The molecule has 2 amide bonds. The van der Waals surface area contributed by atoms with Crippen LogP contribution >= 0.6 is 0 Å². The van der Waals surface area contributed by atoms with Gasteiger partial charge in [-0.3, -0.25) is 14.4 Å². The molecule has 1 aromatic heterocycles. The Hall–Kier alpha value is -3.57. The third-order valence-electron chi connectivity index (χ3n) is 8.17. The van der Waals surface area contributed by atoms with Crippen molar-refractivity contribution in [3.05, 3.63) is 48.6 Å². The molecule has 38 heavy (non-hydrogen) atoms. The fourth-order valence-corrected chi connectivity index (χ4v) is 6.36. The maximum absolute atomic E-state index is 14.3. The van der Waals surface area contributed by atoms with E-state index in [0.717, 1.165) is 11.9 Å². The number of likely N-dealkylation sites (tertiary alicyclic amines) is 1. The maximum Gasteiger partial charge on any atom is 0.312 e. The zero-order valence-electron chi connectivity index (χ0n) is 21.2. The van der Waals surface area contributed by atoms with Gasteiger partial charge in [-0.25, -0.2) is 4.68 Å². The summed E-state index contributed by atoms with van der Waals surface area (Å²) >= 11 is 0. The molecule has 0 aliphatic carbocycles. The first-order valence-corrected chi connectivity index (χ1v) is 13.2. The Morgan fingerprint density at radius 3 is 2.84 bits per heavy atom. The lowest BCUT2D eigenvalue weighted by atomic mass is 9.78. The Morgan fingerprint density at radius 1 is 1.18 bits per heavy atom. The number of amides is 2. The summed E-state index contributed by atoms with van der Waals surface area (Å²) in [5, 5.41) is 18.6. The van der Waals surface area contributed by atoms with Crippen LogP contribution in [0.25, 0.3) is 11.0 Å². The molecule has 11 heteroatoms. The van der Waals surface area contributed by atoms with E-state index >= 15 is 0 Å². The second-order valence-electron chi connectivity index (χ2n) is 10.3. The van der Waals surface area contributed by atoms with Crippen LogP contribution in [0.15, 0.2) is 48.6 Å². The van der Waals surface area contributed by atoms with Gasteiger partial charge in [-0.05, 0) is 31.4 Å². The topological polar surface area (TPSA) is 127 Å². The molecule has 1 aromatic carbocycles. The van der Waals surface area contributed by atoms with Crippen molar-refractivity contribution in [2.45, 2.75) is 56.6 Å². The molecule has 1 spiro atoms. The van der Waals surface area contributed by atoms with Gasteiger partial charge in [-0.2, -0.15) is 0 Å². The van der Waals surface area contributed by atoms with Gasteiger partial charge in [-0.1, -0.05) is 48.6 Å². The van der Waals surface area contributed by atoms with Crippen LogP contribution in [0.2, 0.25) is 0 Å². The van der Waals surface area contributed by atoms with E-state index < -0.39 is 41.6 Å². The van der Waals surface area contributed by atoms with E-state index in [4.69, 9.17) is 9.47 Å². The van der Waals surface area contributed by atoms with Crippen molar-refractivity contribution in [3.8, 4) is 0 Å². The fourth-order valence-electron chi connectivity index (χ4n) is 6.36. The number of aliphatic hydroxyl groups excluding tert-OH is 1. The number of allylic oxidation sites excluding steroid dienone is 1. The van der Waals surface area contributed by atoms with Crippen LogP contribution in [0.4, 0.5) is 0 Å². The van der Waals surface area contributed by atoms with Crippen LogP contribution in [0.1, 0.15) is 26.2 Å². The van der Waals surface area contributed by atoms with Crippen LogP contribution in [0.3, 0.4) is 0 Å². The number of hydrogen-bond donors (Lipinski definition) is 1. The van der Waals surface area contributed by atoms with Crippen molar-refractivity contribution in [1.82, 2.24) is 24.8 Å². The van der Waals surface area contributed by atoms with Gasteiger partial charge in [0.15, 0.2) is 0 Å². The first-order valence-electron chi connectivity index (χ1n) is 13.2. The number of fused-ring (bicyclic) bond motifs is 3. The lowest BCUT2D eigenvalue weighted by Gasteiger charge is -2.38. The van der Waals surface area contributed by atoms with E-state index in [2.05, 4.69) is 10.3 Å². The SMILES string of the molecule is CC[C@@H](CO)N1C(=O)[C@@H]2[C@H]3C(=O)OCCC/C=C\[C@H]3O[C@@]23C=CCN(Cn2nnc4ccccc42)C(=O)C13. The molecule has 5 heterocycles. The van der Waals surface area contributed by atoms with Crippen LogP contribution in [-0.2, 0) is 30.5 Å². The van der Waals surface area contributed by atoms with Crippen molar-refractivity contribution in [1.29, 1.82) is 0 Å². The first-order chi connectivity index (χ1) is 18.5. The molecule has 0 bridgehead atoms. The summed E-state index contributed by atoms with van der Waals surface area (Å²) in [6, 6.07) is 5.82. The van der Waals surface area contributed by atoms with Gasteiger partial charge in [0.2, 0.25) is 5.91 Å². The van der Waals surface area contributed by atoms with E-state index in [1.54, 1.807) is 15.7 Å². The largest absolute Gasteiger partial charge is 0.465 e. The molecule has 200 valence electrons. The highest BCUT2D eigenvalue weighted by atomic mass is 16.6. The molecule has 6 atom stereocenters. The molecular weight excluding hydrogens is 490 g/mol. The summed E-state index contributed by atoms with van der Waals surface area (Å²) in [7, 11) is 0. The zero-order chi connectivity index (χ0) is 26.4. The monoisotopic (exact) mass is 521 g/mol. The van der Waals surface area contributed by atoms with Crippen LogP contribution in [0.5, 0.6) is 0 Å². The second-order valence-corrected chi connectivity index (χ2v) is 10.3. The van der Waals surface area contributed by atoms with E-state index in [0.29, 0.717) is 18.4 Å². The predicted molar refractivity (Wildman–Crippen MR) is 134 cm³/mol. The van der Waals surface area contributed by atoms with Gasteiger partial charge in [0, 0.05) is 6.54 Å². The number of aliphatic hydroxyl groups is 1. The van der Waals surface area contributed by atoms with Gasteiger partial charge >= 0.3 is 5.97 Å². The molecule has 2 aromatic rings. The highest BCUT2D eigenvalue weighted by molar-refractivity contribution is 5.99. The highest BCUT2D eigenvalue weighted by Crippen LogP contribution is 2.53. The van der Waals surface area contributed by atoms with Crippen LogP contribution in [0, 0.1) is 11.8 Å². The minimum atomic E-state index is -1.37. The molecule has 4 aliphatic heterocycles. The van der Waals surface area contributed by atoms with Crippen molar-refractivity contribution < 1.29 is 29.0 Å². The number of aromatic nitrogens is 3. The average molecular weight is 522 g/mol. The van der Waals surface area contributed by atoms with E-state index in [9.17, 15) is 19.5 Å². The van der Waals surface area contributed by atoms with Gasteiger partial charge < -0.3 is 24.4 Å². The Bertz CT molecular complexity index is 1320. The number of cyclic esters (lactones) is 1. The molecule has 2 fully saturated rings. The number of rotatable bonds is 5. The lowest BCUT2D eigenvalue weighted by molar-refractivity contribution is -0.156. The number of hydrogen-bond acceptors (Lipinski definition) is 8. The highest BCUT2D eigenvalue weighted by Gasteiger charge is 2.72. The third-order valence-corrected chi connectivity index (χ3v) is 8.17. The standard InChI is InChI=1S/C27H31N5O6/c1-2-17(15-33)32-23-25(35)30(16-31-19-10-6-5-9-18(19)28-29-31)13-8-12-27(23)22(24(32)34)21-20(38-27)11-4-3-7-14-37-26(21)36/h4-6,8-12,17,20-23,33H,2-3,7,13-16H2,1H3/b11-4-/t17-,20+,21-,22-,23?,27-/m0/s1. The summed E-state index contributed by atoms with van der Waals surface area (Å²) in [4.78, 5) is 44.8. The molecular formula is C27H31N5O6. The fraction of sp³-hybridized carbons (Fsp3) is 0.519. The number of carbonyl (C=O) groups excluding carboxylic acids is 3. The van der Waals surface area contributed by atoms with Gasteiger partial charge in [0.1, 0.15) is 29.7 Å². The number of para-hydroxylation sites is 1. The summed E-state index contributed by atoms with van der Waals surface area (Å²) in [6.45, 7) is 2.18. The van der Waals surface area contributed by atoms with Crippen molar-refractivity contribution in [3.63, 3.8) is 0 Å². The second kappa shape index (κ2) is 9.63. The average Bonchev–Trinajstić information content (AvgIpc) is 3.53. The minimum absolute atomic E-state index is 0.119. The molecule has 1 N–H and O–H groups in total. The van der Waals surface area contributed by atoms with Crippen molar-refractivity contribution >= 4 is 28.8 Å².